The number of anilines is 1. The lowest BCUT2D eigenvalue weighted by molar-refractivity contribution is 1.03. The largest absolute Gasteiger partial charge is 0.330 e. The average molecular weight is 374 g/mol. The van der Waals surface area contributed by atoms with Crippen LogP contribution in [-0.4, -0.2) is 15.8 Å². The van der Waals surface area contributed by atoms with Crippen LogP contribution in [0.4, 0.5) is 5.69 Å². The van der Waals surface area contributed by atoms with Crippen LogP contribution in [0, 0.1) is 0 Å². The zero-order valence-corrected chi connectivity index (χ0v) is 14.5. The van der Waals surface area contributed by atoms with E-state index in [2.05, 4.69) is 20.8 Å². The minimum Gasteiger partial charge on any atom is -0.330 e. The van der Waals surface area contributed by atoms with E-state index in [4.69, 9.17) is 47.0 Å². The van der Waals surface area contributed by atoms with Crippen molar-refractivity contribution >= 4 is 63.5 Å². The van der Waals surface area contributed by atoms with Crippen LogP contribution in [0.25, 0.3) is 0 Å². The standard InChI is InChI=1S/C14H11Cl3N4S/c1-8(12-4-2-3-5-18-12)20-21-14(22)19-13-7-10(16)9(15)6-11(13)17/h2-7H,1H3,(H2,19,21,22)/b20-8+. The fourth-order valence-electron chi connectivity index (χ4n) is 1.54. The molecular weight excluding hydrogens is 363 g/mol. The van der Waals surface area contributed by atoms with Crippen molar-refractivity contribution in [2.75, 3.05) is 5.32 Å². The molecule has 0 aliphatic heterocycles. The second-order valence-corrected chi connectivity index (χ2v) is 5.85. The van der Waals surface area contributed by atoms with Crippen molar-refractivity contribution in [3.05, 3.63) is 57.3 Å². The van der Waals surface area contributed by atoms with E-state index in [-0.39, 0.29) is 5.11 Å². The van der Waals surface area contributed by atoms with Crippen LogP contribution in [0.3, 0.4) is 0 Å². The molecule has 0 unspecified atom stereocenters. The van der Waals surface area contributed by atoms with Gasteiger partial charge in [0, 0.05) is 6.20 Å². The van der Waals surface area contributed by atoms with Gasteiger partial charge in [0.15, 0.2) is 5.11 Å². The second kappa shape index (κ2) is 7.74. The molecule has 22 heavy (non-hydrogen) atoms. The number of hydrogen-bond donors (Lipinski definition) is 2. The lowest BCUT2D eigenvalue weighted by atomic mass is 10.3. The fraction of sp³-hybridized carbons (Fsp3) is 0.0714. The maximum absolute atomic E-state index is 6.07. The van der Waals surface area contributed by atoms with Gasteiger partial charge in [0.05, 0.1) is 32.2 Å². The number of halogens is 3. The Morgan fingerprint density at radius 3 is 2.55 bits per heavy atom. The SMILES string of the molecule is C/C(=N\NC(=S)Nc1cc(Cl)c(Cl)cc1Cl)c1ccccn1. The maximum atomic E-state index is 6.07. The van der Waals surface area contributed by atoms with Crippen molar-refractivity contribution < 1.29 is 0 Å². The first-order valence-electron chi connectivity index (χ1n) is 6.14. The topological polar surface area (TPSA) is 49.3 Å². The Labute approximate surface area is 148 Å². The van der Waals surface area contributed by atoms with Gasteiger partial charge in [-0.15, -0.1) is 0 Å². The van der Waals surface area contributed by atoms with Crippen LogP contribution >= 0.6 is 47.0 Å². The van der Waals surface area contributed by atoms with Gasteiger partial charge in [-0.3, -0.25) is 10.4 Å². The Kier molecular flexibility index (Phi) is 5.97. The second-order valence-electron chi connectivity index (χ2n) is 4.22. The van der Waals surface area contributed by atoms with Crippen LogP contribution in [-0.2, 0) is 0 Å². The predicted octanol–water partition coefficient (Wildman–Crippen LogP) is 4.75. The molecule has 1 aromatic heterocycles. The van der Waals surface area contributed by atoms with E-state index in [1.54, 1.807) is 18.3 Å². The molecule has 2 aromatic rings. The summed E-state index contributed by atoms with van der Waals surface area (Å²) in [4.78, 5) is 4.19. The first-order chi connectivity index (χ1) is 10.5. The molecule has 0 aliphatic rings. The van der Waals surface area contributed by atoms with Crippen LogP contribution in [0.15, 0.2) is 41.6 Å². The summed E-state index contributed by atoms with van der Waals surface area (Å²) in [5.74, 6) is 0. The molecule has 4 nitrogen and oxygen atoms in total. The van der Waals surface area contributed by atoms with E-state index >= 15 is 0 Å². The number of nitrogens with one attached hydrogen (secondary N) is 2. The molecule has 0 fully saturated rings. The van der Waals surface area contributed by atoms with Gasteiger partial charge in [0.2, 0.25) is 0 Å². The highest BCUT2D eigenvalue weighted by Crippen LogP contribution is 2.32. The fourth-order valence-corrected chi connectivity index (χ4v) is 2.29. The summed E-state index contributed by atoms with van der Waals surface area (Å²) in [6, 6.07) is 8.71. The minimum atomic E-state index is 0.274. The third kappa shape index (κ3) is 4.55. The van der Waals surface area contributed by atoms with Gasteiger partial charge in [0.25, 0.3) is 0 Å². The summed E-state index contributed by atoms with van der Waals surface area (Å²) in [5, 5.41) is 8.50. The van der Waals surface area contributed by atoms with Crippen molar-refractivity contribution in [2.45, 2.75) is 6.92 Å². The summed E-state index contributed by atoms with van der Waals surface area (Å²) >= 11 is 23.0. The van der Waals surface area contributed by atoms with E-state index in [9.17, 15) is 0 Å². The summed E-state index contributed by atoms with van der Waals surface area (Å²) < 4.78 is 0. The van der Waals surface area contributed by atoms with E-state index < -0.39 is 0 Å². The average Bonchev–Trinajstić information content (AvgIpc) is 2.51. The Balaban J connectivity index is 2.03. The first-order valence-corrected chi connectivity index (χ1v) is 7.69. The summed E-state index contributed by atoms with van der Waals surface area (Å²) in [5.41, 5.74) is 4.72. The summed E-state index contributed by atoms with van der Waals surface area (Å²) in [6.07, 6.45) is 1.69. The number of nitrogens with zero attached hydrogens (tertiary/aromatic N) is 2. The number of hydrazone groups is 1. The molecule has 0 saturated heterocycles. The molecule has 2 N–H and O–H groups in total. The first kappa shape index (κ1) is 17.0. The number of aromatic nitrogens is 1. The molecule has 0 atom stereocenters. The molecule has 1 aromatic carbocycles. The van der Waals surface area contributed by atoms with E-state index in [0.717, 1.165) is 5.69 Å². The van der Waals surface area contributed by atoms with Crippen molar-refractivity contribution in [2.24, 2.45) is 5.10 Å². The summed E-state index contributed by atoms with van der Waals surface area (Å²) in [6.45, 7) is 1.82. The zero-order valence-electron chi connectivity index (χ0n) is 11.4. The third-order valence-corrected chi connectivity index (χ3v) is 3.85. The Hall–Kier alpha value is -1.40. The predicted molar refractivity (Wildman–Crippen MR) is 97.3 cm³/mol. The van der Waals surface area contributed by atoms with Crippen LogP contribution in [0.5, 0.6) is 0 Å². The molecule has 0 saturated carbocycles. The molecule has 114 valence electrons. The molecule has 0 amide bonds. The van der Waals surface area contributed by atoms with Gasteiger partial charge >= 0.3 is 0 Å². The van der Waals surface area contributed by atoms with E-state index in [0.29, 0.717) is 26.5 Å². The molecule has 2 rings (SSSR count). The molecule has 0 bridgehead atoms. The van der Waals surface area contributed by atoms with Gasteiger partial charge in [-0.25, -0.2) is 0 Å². The molecule has 8 heteroatoms. The number of benzene rings is 1. The normalized spacial score (nSPS) is 11.2. The monoisotopic (exact) mass is 372 g/mol. The lowest BCUT2D eigenvalue weighted by Gasteiger charge is -2.10. The van der Waals surface area contributed by atoms with Gasteiger partial charge in [-0.1, -0.05) is 40.9 Å². The van der Waals surface area contributed by atoms with Crippen molar-refractivity contribution in [1.29, 1.82) is 0 Å². The van der Waals surface area contributed by atoms with Gasteiger partial charge in [-0.05, 0) is 43.4 Å². The number of rotatable bonds is 3. The molecule has 1 heterocycles. The Bertz CT molecular complexity index is 720. The highest BCUT2D eigenvalue weighted by molar-refractivity contribution is 7.80. The van der Waals surface area contributed by atoms with Gasteiger partial charge in [-0.2, -0.15) is 5.10 Å². The molecule has 0 aliphatic carbocycles. The van der Waals surface area contributed by atoms with Gasteiger partial charge < -0.3 is 5.32 Å². The quantitative estimate of drug-likeness (QED) is 0.353. The van der Waals surface area contributed by atoms with Crippen molar-refractivity contribution in [1.82, 2.24) is 10.4 Å². The Morgan fingerprint density at radius 2 is 1.86 bits per heavy atom. The number of hydrogen-bond acceptors (Lipinski definition) is 3. The van der Waals surface area contributed by atoms with Crippen LogP contribution < -0.4 is 10.7 Å². The Morgan fingerprint density at radius 1 is 1.14 bits per heavy atom. The highest BCUT2D eigenvalue weighted by Gasteiger charge is 2.07. The molecule has 0 spiro atoms. The maximum Gasteiger partial charge on any atom is 0.191 e. The molecular formula is C14H11Cl3N4S. The summed E-state index contributed by atoms with van der Waals surface area (Å²) in [7, 11) is 0. The van der Waals surface area contributed by atoms with Crippen molar-refractivity contribution in [3.8, 4) is 0 Å². The smallest absolute Gasteiger partial charge is 0.191 e. The van der Waals surface area contributed by atoms with E-state index in [1.165, 1.54) is 0 Å². The molecule has 0 radical (unpaired) electrons. The van der Waals surface area contributed by atoms with Crippen LogP contribution in [0.1, 0.15) is 12.6 Å². The number of pyridine rings is 1. The highest BCUT2D eigenvalue weighted by atomic mass is 35.5. The third-order valence-electron chi connectivity index (χ3n) is 2.62. The zero-order chi connectivity index (χ0) is 16.1. The van der Waals surface area contributed by atoms with E-state index in [1.807, 2.05) is 25.1 Å². The minimum absolute atomic E-state index is 0.274. The number of thiocarbonyl (C=S) groups is 1. The lowest BCUT2D eigenvalue weighted by Crippen LogP contribution is -2.25. The van der Waals surface area contributed by atoms with Crippen molar-refractivity contribution in [3.63, 3.8) is 0 Å². The van der Waals surface area contributed by atoms with Gasteiger partial charge in [0.1, 0.15) is 0 Å². The van der Waals surface area contributed by atoms with Crippen LogP contribution in [0.2, 0.25) is 15.1 Å².